The van der Waals surface area contributed by atoms with E-state index in [0.29, 0.717) is 19.5 Å². The van der Waals surface area contributed by atoms with Crippen LogP contribution in [0.1, 0.15) is 37.7 Å². The summed E-state index contributed by atoms with van der Waals surface area (Å²) in [5.41, 5.74) is 0.229. The molecule has 0 aromatic heterocycles. The number of hydrogen-bond acceptors (Lipinski definition) is 3. The Bertz CT molecular complexity index is 760. The first kappa shape index (κ1) is 18.8. The molecule has 27 heavy (non-hydrogen) atoms. The molecule has 2 fully saturated rings. The highest BCUT2D eigenvalue weighted by atomic mass is 16.2. The third kappa shape index (κ3) is 4.59. The lowest BCUT2D eigenvalue weighted by molar-refractivity contribution is -0.131. The van der Waals surface area contributed by atoms with Gasteiger partial charge in [-0.2, -0.15) is 0 Å². The molecule has 1 aliphatic heterocycles. The molecule has 5 amide bonds. The predicted molar refractivity (Wildman–Crippen MR) is 101 cm³/mol. The largest absolute Gasteiger partial charge is 0.338 e. The molecule has 1 spiro atoms. The van der Waals surface area contributed by atoms with E-state index in [0.717, 1.165) is 31.2 Å². The fraction of sp³-hybridized carbons (Fsp3) is 0.450. The maximum absolute atomic E-state index is 12.5. The van der Waals surface area contributed by atoms with Gasteiger partial charge in [-0.25, -0.2) is 9.59 Å². The van der Waals surface area contributed by atoms with Gasteiger partial charge in [0.15, 0.2) is 0 Å². The first-order valence-electron chi connectivity index (χ1n) is 9.30. The molecule has 1 aromatic carbocycles. The number of benzene rings is 1. The van der Waals surface area contributed by atoms with Gasteiger partial charge in [0.25, 0.3) is 5.91 Å². The lowest BCUT2D eigenvalue weighted by Gasteiger charge is -2.20. The summed E-state index contributed by atoms with van der Waals surface area (Å²) in [6.07, 6.45) is 3.89. The zero-order valence-electron chi connectivity index (χ0n) is 15.2. The lowest BCUT2D eigenvalue weighted by Crippen LogP contribution is -2.44. The molecule has 2 aliphatic rings. The Hall–Kier alpha value is -3.01. The highest BCUT2D eigenvalue weighted by Gasteiger charge is 2.51. The summed E-state index contributed by atoms with van der Waals surface area (Å²) in [6.45, 7) is 0.929. The van der Waals surface area contributed by atoms with Crippen molar-refractivity contribution in [3.8, 4) is 11.8 Å². The van der Waals surface area contributed by atoms with Gasteiger partial charge in [0.05, 0.1) is 6.54 Å². The van der Waals surface area contributed by atoms with Crippen LogP contribution in [-0.4, -0.2) is 48.0 Å². The maximum Gasteiger partial charge on any atom is 0.325 e. The van der Waals surface area contributed by atoms with Crippen molar-refractivity contribution in [2.45, 2.75) is 37.6 Å². The van der Waals surface area contributed by atoms with Gasteiger partial charge in [0, 0.05) is 18.7 Å². The second kappa shape index (κ2) is 8.58. The molecule has 1 saturated heterocycles. The summed E-state index contributed by atoms with van der Waals surface area (Å²) in [5, 5.41) is 8.21. The summed E-state index contributed by atoms with van der Waals surface area (Å²) in [6, 6.07) is 8.90. The van der Waals surface area contributed by atoms with Gasteiger partial charge in [0.2, 0.25) is 0 Å². The van der Waals surface area contributed by atoms with Crippen LogP contribution >= 0.6 is 0 Å². The summed E-state index contributed by atoms with van der Waals surface area (Å²) in [5.74, 6) is 5.72. The van der Waals surface area contributed by atoms with Crippen LogP contribution in [0, 0.1) is 11.8 Å². The van der Waals surface area contributed by atoms with Gasteiger partial charge < -0.3 is 16.0 Å². The molecule has 0 unspecified atom stereocenters. The van der Waals surface area contributed by atoms with Crippen LogP contribution in [0.4, 0.5) is 9.59 Å². The van der Waals surface area contributed by atoms with Crippen LogP contribution < -0.4 is 16.0 Å². The van der Waals surface area contributed by atoms with E-state index >= 15 is 0 Å². The molecular formula is C20H24N4O3. The molecule has 7 nitrogen and oxygen atoms in total. The quantitative estimate of drug-likeness (QED) is 0.419. The van der Waals surface area contributed by atoms with Crippen LogP contribution in [-0.2, 0) is 4.79 Å². The van der Waals surface area contributed by atoms with Gasteiger partial charge in [-0.15, -0.1) is 0 Å². The Morgan fingerprint density at radius 2 is 1.89 bits per heavy atom. The number of carbonyl (C=O) groups is 3. The Morgan fingerprint density at radius 1 is 1.15 bits per heavy atom. The number of nitrogens with zero attached hydrogens (tertiary/aromatic N) is 1. The Balaban J connectivity index is 1.33. The Kier molecular flexibility index (Phi) is 5.97. The third-order valence-electron chi connectivity index (χ3n) is 4.89. The van der Waals surface area contributed by atoms with E-state index in [4.69, 9.17) is 0 Å². The number of urea groups is 2. The molecule has 1 saturated carbocycles. The van der Waals surface area contributed by atoms with Crippen LogP contribution in [0.5, 0.6) is 0 Å². The molecule has 1 aromatic rings. The zero-order chi connectivity index (χ0) is 19.1. The second-order valence-corrected chi connectivity index (χ2v) is 6.81. The van der Waals surface area contributed by atoms with Crippen molar-refractivity contribution in [3.63, 3.8) is 0 Å². The molecule has 0 bridgehead atoms. The van der Waals surface area contributed by atoms with E-state index in [2.05, 4.69) is 27.8 Å². The average Bonchev–Trinajstić information content (AvgIpc) is 3.23. The fourth-order valence-corrected chi connectivity index (χ4v) is 3.49. The van der Waals surface area contributed by atoms with Gasteiger partial charge in [-0.05, 0) is 31.4 Å². The average molecular weight is 368 g/mol. The SMILES string of the molecule is O=C(NCC#Cc1ccccc1)NCCCN1C(=O)NC2(CCCC2)C1=O. The van der Waals surface area contributed by atoms with Crippen molar-refractivity contribution >= 4 is 18.0 Å². The number of hydrogen-bond donors (Lipinski definition) is 3. The molecule has 142 valence electrons. The summed E-state index contributed by atoms with van der Waals surface area (Å²) >= 11 is 0. The smallest absolute Gasteiger partial charge is 0.325 e. The highest BCUT2D eigenvalue weighted by molar-refractivity contribution is 6.07. The minimum absolute atomic E-state index is 0.120. The number of nitrogens with one attached hydrogen (secondary N) is 3. The van der Waals surface area contributed by atoms with Crippen molar-refractivity contribution in [3.05, 3.63) is 35.9 Å². The van der Waals surface area contributed by atoms with Crippen LogP contribution in [0.15, 0.2) is 30.3 Å². The van der Waals surface area contributed by atoms with E-state index in [1.165, 1.54) is 4.90 Å². The van der Waals surface area contributed by atoms with Gasteiger partial charge in [0.1, 0.15) is 5.54 Å². The molecule has 3 rings (SSSR count). The summed E-state index contributed by atoms with van der Waals surface area (Å²) in [4.78, 5) is 37.5. The summed E-state index contributed by atoms with van der Waals surface area (Å²) in [7, 11) is 0. The number of rotatable bonds is 5. The minimum Gasteiger partial charge on any atom is -0.338 e. The van der Waals surface area contributed by atoms with Crippen molar-refractivity contribution in [2.24, 2.45) is 0 Å². The highest BCUT2D eigenvalue weighted by Crippen LogP contribution is 2.34. The van der Waals surface area contributed by atoms with Crippen molar-refractivity contribution in [1.82, 2.24) is 20.9 Å². The molecule has 0 atom stereocenters. The standard InChI is InChI=1S/C20H24N4O3/c25-17-20(11-4-5-12-20)23-19(27)24(17)15-7-14-22-18(26)21-13-6-10-16-8-2-1-3-9-16/h1-3,8-9H,4-5,7,11-15H2,(H,23,27)(H2,21,22,26). The van der Waals surface area contributed by atoms with Crippen molar-refractivity contribution < 1.29 is 14.4 Å². The third-order valence-corrected chi connectivity index (χ3v) is 4.89. The topological polar surface area (TPSA) is 90.5 Å². The number of carbonyl (C=O) groups excluding carboxylic acids is 3. The molecule has 1 aliphatic carbocycles. The molecular weight excluding hydrogens is 344 g/mol. The lowest BCUT2D eigenvalue weighted by atomic mass is 9.98. The maximum atomic E-state index is 12.5. The first-order valence-corrected chi connectivity index (χ1v) is 9.30. The zero-order valence-corrected chi connectivity index (χ0v) is 15.2. The first-order chi connectivity index (χ1) is 13.1. The van der Waals surface area contributed by atoms with Crippen molar-refractivity contribution in [1.29, 1.82) is 0 Å². The van der Waals surface area contributed by atoms with Gasteiger partial charge >= 0.3 is 12.1 Å². The van der Waals surface area contributed by atoms with E-state index < -0.39 is 5.54 Å². The van der Waals surface area contributed by atoms with E-state index in [1.807, 2.05) is 30.3 Å². The van der Waals surface area contributed by atoms with E-state index in [9.17, 15) is 14.4 Å². The predicted octanol–water partition coefficient (Wildman–Crippen LogP) is 1.59. The Morgan fingerprint density at radius 3 is 2.63 bits per heavy atom. The second-order valence-electron chi connectivity index (χ2n) is 6.81. The van der Waals surface area contributed by atoms with E-state index in [1.54, 1.807) is 0 Å². The van der Waals surface area contributed by atoms with Gasteiger partial charge in [-0.1, -0.05) is 42.9 Å². The molecule has 3 N–H and O–H groups in total. The van der Waals surface area contributed by atoms with Crippen molar-refractivity contribution in [2.75, 3.05) is 19.6 Å². The monoisotopic (exact) mass is 368 g/mol. The van der Waals surface area contributed by atoms with E-state index in [-0.39, 0.29) is 24.5 Å². The van der Waals surface area contributed by atoms with Crippen LogP contribution in [0.25, 0.3) is 0 Å². The number of imide groups is 1. The van der Waals surface area contributed by atoms with Gasteiger partial charge in [-0.3, -0.25) is 9.69 Å². The molecule has 1 heterocycles. The van der Waals surface area contributed by atoms with Crippen LogP contribution in [0.2, 0.25) is 0 Å². The molecule has 0 radical (unpaired) electrons. The summed E-state index contributed by atoms with van der Waals surface area (Å²) < 4.78 is 0. The molecule has 7 heteroatoms. The Labute approximate surface area is 158 Å². The van der Waals surface area contributed by atoms with Crippen LogP contribution in [0.3, 0.4) is 0 Å². The number of amides is 5. The fourth-order valence-electron chi connectivity index (χ4n) is 3.49. The minimum atomic E-state index is -0.667. The normalized spacial score (nSPS) is 17.4.